The number of aromatic nitrogens is 4. The molecule has 0 N–H and O–H groups in total. The molecule has 0 aliphatic heterocycles. The number of rotatable bonds is 8. The molecule has 3 aromatic heterocycles. The predicted octanol–water partition coefficient (Wildman–Crippen LogP) is 17.1. The van der Waals surface area contributed by atoms with Crippen LogP contribution in [0, 0.1) is 32.2 Å². The van der Waals surface area contributed by atoms with E-state index in [1.807, 2.05) is 65.4 Å². The summed E-state index contributed by atoms with van der Waals surface area (Å²) in [5.41, 5.74) is 12.3. The molecule has 11 rings (SSSR count). The number of benzene rings is 8. The van der Waals surface area contributed by atoms with E-state index in [1.54, 1.807) is 0 Å². The molecule has 5 nitrogen and oxygen atoms in total. The Hall–Kier alpha value is -7.33. The topological polar surface area (TPSA) is 35.9 Å². The van der Waals surface area contributed by atoms with Gasteiger partial charge in [-0.1, -0.05) is 183 Å². The fourth-order valence-corrected chi connectivity index (χ4v) is 9.95. The number of fused-ring (bicyclic) bond motifs is 4. The van der Waals surface area contributed by atoms with Gasteiger partial charge in [-0.3, -0.25) is 4.57 Å². The summed E-state index contributed by atoms with van der Waals surface area (Å²) >= 11 is 0. The largest absolute Gasteiger partial charge is 0.510 e. The van der Waals surface area contributed by atoms with E-state index in [1.165, 1.54) is 29.3 Å². The van der Waals surface area contributed by atoms with Crippen molar-refractivity contribution in [3.63, 3.8) is 0 Å². The Morgan fingerprint density at radius 3 is 1.80 bits per heavy atom. The molecule has 0 saturated heterocycles. The van der Waals surface area contributed by atoms with Gasteiger partial charge in [-0.05, 0) is 126 Å². The second-order valence-electron chi connectivity index (χ2n) is 22.2. The number of para-hydroxylation sites is 2. The molecular formula is C68H62N4OPt-2. The van der Waals surface area contributed by atoms with Gasteiger partial charge in [-0.2, -0.15) is 18.2 Å². The van der Waals surface area contributed by atoms with Crippen LogP contribution in [0.2, 0.25) is 0 Å². The minimum absolute atomic E-state index is 0. The second kappa shape index (κ2) is 19.2. The van der Waals surface area contributed by atoms with E-state index >= 15 is 0 Å². The predicted molar refractivity (Wildman–Crippen MR) is 302 cm³/mol. The quantitative estimate of drug-likeness (QED) is 0.112. The first-order valence-electron chi connectivity index (χ1n) is 28.0. The molecule has 0 amide bonds. The summed E-state index contributed by atoms with van der Waals surface area (Å²) in [6.45, 7) is 14.6. The zero-order chi connectivity index (χ0) is 56.0. The van der Waals surface area contributed by atoms with E-state index in [9.17, 15) is 0 Å². The maximum atomic E-state index is 8.62. The maximum absolute atomic E-state index is 8.62. The second-order valence-corrected chi connectivity index (χ2v) is 22.2. The number of pyridine rings is 1. The van der Waals surface area contributed by atoms with Crippen LogP contribution in [0.3, 0.4) is 0 Å². The van der Waals surface area contributed by atoms with E-state index in [4.69, 9.17) is 17.9 Å². The Bertz CT molecular complexity index is 4060. The Kier molecular flexibility index (Phi) is 11.2. The molecule has 8 aromatic carbocycles. The molecule has 0 bridgehead atoms. The van der Waals surface area contributed by atoms with Gasteiger partial charge in [0.25, 0.3) is 6.33 Å². The summed E-state index contributed by atoms with van der Waals surface area (Å²) < 4.78 is 64.6. The van der Waals surface area contributed by atoms with Gasteiger partial charge in [0.1, 0.15) is 5.82 Å². The van der Waals surface area contributed by atoms with Gasteiger partial charge >= 0.3 is 0 Å². The summed E-state index contributed by atoms with van der Waals surface area (Å²) in [5.74, 6) is 1.67. The third-order valence-electron chi connectivity index (χ3n) is 14.0. The van der Waals surface area contributed by atoms with Crippen molar-refractivity contribution in [3.8, 4) is 62.1 Å². The molecule has 3 heterocycles. The standard InChI is InChI=1S/C68H62N4O.Pt/c1-44-19-14-20-45(2)64(44)48-31-34-60-62(39-48)70(43-71(60)65-55(46-21-15-23-49(37-46)66(3,4)5)28-18-29-56(65)47-22-16-24-50(38-47)67(6,7)8)52-25-17-26-53(41-52)73-54-32-33-58-57-27-12-13-30-59(57)72(61(58)42-54)63-40-51(35-36-69-63)68(9,10)11;/h12-40H,1-11H3;/q-2;/i1D3,2D3;. The molecule has 11 aromatic rings. The summed E-state index contributed by atoms with van der Waals surface area (Å²) in [4.78, 5) is 4.87. The van der Waals surface area contributed by atoms with Gasteiger partial charge in [0, 0.05) is 52.5 Å². The van der Waals surface area contributed by atoms with Crippen molar-refractivity contribution in [3.05, 3.63) is 222 Å². The van der Waals surface area contributed by atoms with E-state index in [2.05, 4.69) is 187 Å². The van der Waals surface area contributed by atoms with Crippen LogP contribution in [-0.2, 0) is 37.3 Å². The van der Waals surface area contributed by atoms with Crippen LogP contribution in [0.25, 0.3) is 83.4 Å². The number of hydrogen-bond acceptors (Lipinski definition) is 2. The molecule has 372 valence electrons. The summed E-state index contributed by atoms with van der Waals surface area (Å²) in [7, 11) is 0. The fraction of sp³-hybridized carbons (Fsp3) is 0.206. The number of nitrogens with zero attached hydrogens (tertiary/aromatic N) is 4. The molecule has 0 fully saturated rings. The molecule has 0 saturated carbocycles. The Balaban J connectivity index is 0.00000720. The monoisotopic (exact) mass is 1150 g/mol. The zero-order valence-corrected chi connectivity index (χ0v) is 45.5. The SMILES string of the molecule is [2H]C([2H])([2H])c1cccc(C([2H])([2H])[2H])c1-c1ccc2c(c1)n(-c1[c-]c(Oc3[c-]c4c(cc3)c3ccccc3n4-c3cc(C(C)(C)C)ccn3)ccc1)[c-][n+]2-c1c(-c2cccc(C(C)(C)C)c2)cccc1-c1cccc(C(C)(C)C)c1.[Pt]. The molecule has 0 aliphatic rings. The smallest absolute Gasteiger partial charge is 0.268 e. The van der Waals surface area contributed by atoms with Gasteiger partial charge in [0.15, 0.2) is 0 Å². The third-order valence-corrected chi connectivity index (χ3v) is 14.0. The first kappa shape index (κ1) is 43.1. The first-order valence-corrected chi connectivity index (χ1v) is 25.0. The van der Waals surface area contributed by atoms with Crippen molar-refractivity contribution in [2.45, 2.75) is 92.3 Å². The van der Waals surface area contributed by atoms with Gasteiger partial charge in [-0.25, -0.2) is 4.98 Å². The summed E-state index contributed by atoms with van der Waals surface area (Å²) in [5, 5.41) is 2.08. The molecule has 0 radical (unpaired) electrons. The van der Waals surface area contributed by atoms with Gasteiger partial charge in [0.2, 0.25) is 0 Å². The van der Waals surface area contributed by atoms with Crippen molar-refractivity contribution in [2.24, 2.45) is 0 Å². The molecule has 0 atom stereocenters. The molecular weight excluding hydrogens is 1080 g/mol. The van der Waals surface area contributed by atoms with E-state index in [0.717, 1.165) is 66.6 Å². The van der Waals surface area contributed by atoms with Crippen LogP contribution in [0.4, 0.5) is 0 Å². The Morgan fingerprint density at radius 2 is 1.14 bits per heavy atom. The first-order chi connectivity index (χ1) is 37.3. The number of ether oxygens (including phenoxy) is 1. The van der Waals surface area contributed by atoms with Crippen molar-refractivity contribution in [1.82, 2.24) is 14.1 Å². The molecule has 0 unspecified atom stereocenters. The van der Waals surface area contributed by atoms with Crippen LogP contribution < -0.4 is 9.30 Å². The summed E-state index contributed by atoms with van der Waals surface area (Å²) in [6.07, 6.45) is 5.64. The van der Waals surface area contributed by atoms with Crippen LogP contribution in [0.5, 0.6) is 11.5 Å². The van der Waals surface area contributed by atoms with Crippen LogP contribution in [0.1, 0.15) is 98.4 Å². The van der Waals surface area contributed by atoms with Gasteiger partial charge in [0.05, 0.1) is 16.7 Å². The number of imidazole rings is 1. The average molecular weight is 1150 g/mol. The molecule has 0 spiro atoms. The van der Waals surface area contributed by atoms with Crippen LogP contribution >= 0.6 is 0 Å². The number of aryl methyl sites for hydroxylation is 2. The van der Waals surface area contributed by atoms with Crippen molar-refractivity contribution in [2.75, 3.05) is 0 Å². The van der Waals surface area contributed by atoms with Crippen LogP contribution in [0.15, 0.2) is 176 Å². The Labute approximate surface area is 459 Å². The van der Waals surface area contributed by atoms with Crippen molar-refractivity contribution < 1.29 is 38.6 Å². The maximum Gasteiger partial charge on any atom is 0.268 e. The minimum Gasteiger partial charge on any atom is -0.510 e. The third kappa shape index (κ3) is 9.32. The van der Waals surface area contributed by atoms with Gasteiger partial charge < -0.3 is 13.9 Å². The van der Waals surface area contributed by atoms with Crippen molar-refractivity contribution in [1.29, 1.82) is 0 Å². The van der Waals surface area contributed by atoms with Crippen molar-refractivity contribution >= 4 is 32.8 Å². The minimum atomic E-state index is -2.61. The summed E-state index contributed by atoms with van der Waals surface area (Å²) in [6, 6.07) is 63.2. The van der Waals surface area contributed by atoms with Gasteiger partial charge in [-0.15, -0.1) is 29.7 Å². The molecule has 0 aliphatic carbocycles. The van der Waals surface area contributed by atoms with E-state index in [0.29, 0.717) is 28.3 Å². The molecule has 6 heteroatoms. The average Bonchev–Trinajstić information content (AvgIpc) is 4.02. The fourth-order valence-electron chi connectivity index (χ4n) is 9.95. The zero-order valence-electron chi connectivity index (χ0n) is 49.3. The Morgan fingerprint density at radius 1 is 0.527 bits per heavy atom. The van der Waals surface area contributed by atoms with Crippen LogP contribution in [-0.4, -0.2) is 14.1 Å². The number of hydrogen-bond donors (Lipinski definition) is 0. The normalized spacial score (nSPS) is 13.7. The van der Waals surface area contributed by atoms with E-state index < -0.39 is 13.7 Å². The van der Waals surface area contributed by atoms with E-state index in [-0.39, 0.29) is 54.0 Å². The molecule has 74 heavy (non-hydrogen) atoms.